The topological polar surface area (TPSA) is 138 Å². The minimum Gasteiger partial charge on any atom is -0.486 e. The normalized spacial score (nSPS) is 24.4. The third-order valence-corrected chi connectivity index (χ3v) is 7.69. The summed E-state index contributed by atoms with van der Waals surface area (Å²) in [5, 5.41) is 6.98. The lowest BCUT2D eigenvalue weighted by molar-refractivity contribution is -0.144. The van der Waals surface area contributed by atoms with E-state index in [-0.39, 0.29) is 25.2 Å². The maximum atomic E-state index is 12.3. The highest BCUT2D eigenvalue weighted by atomic mass is 127. The average molecular weight is 590 g/mol. The first-order chi connectivity index (χ1) is 16.0. The summed E-state index contributed by atoms with van der Waals surface area (Å²) in [5.74, 6) is 4.89. The van der Waals surface area contributed by atoms with E-state index in [9.17, 15) is 4.79 Å². The lowest BCUT2D eigenvalue weighted by atomic mass is 9.94. The fourth-order valence-corrected chi connectivity index (χ4v) is 5.42. The predicted molar refractivity (Wildman–Crippen MR) is 128 cm³/mol. The molecule has 1 spiro atoms. The first kappa shape index (κ1) is 24.3. The highest BCUT2D eigenvalue weighted by Gasteiger charge is 2.47. The molecule has 1 saturated carbocycles. The Morgan fingerprint density at radius 2 is 2.12 bits per heavy atom. The van der Waals surface area contributed by atoms with Crippen molar-refractivity contribution in [3.8, 4) is 5.75 Å². The number of nitrogens with one attached hydrogen (secondary N) is 1. The molecule has 11 nitrogen and oxygen atoms in total. The van der Waals surface area contributed by atoms with Crippen LogP contribution >= 0.6 is 34.5 Å². The van der Waals surface area contributed by atoms with E-state index in [4.69, 9.17) is 32.5 Å². The largest absolute Gasteiger partial charge is 0.486 e. The van der Waals surface area contributed by atoms with Crippen LogP contribution in [-0.2, 0) is 21.0 Å². The number of likely N-dealkylation sites (tertiary alicyclic amines) is 1. The number of azide groups is 1. The van der Waals surface area contributed by atoms with Gasteiger partial charge in [-0.3, -0.25) is 4.90 Å². The number of rotatable bonds is 8. The van der Waals surface area contributed by atoms with Crippen LogP contribution in [-0.4, -0.2) is 46.3 Å². The molecule has 2 aliphatic heterocycles. The Bertz CT molecular complexity index is 960. The van der Waals surface area contributed by atoms with Crippen molar-refractivity contribution < 1.29 is 19.1 Å². The molecule has 178 valence electrons. The van der Waals surface area contributed by atoms with E-state index < -0.39 is 12.2 Å². The fourth-order valence-electron chi connectivity index (χ4n) is 4.19. The molecule has 33 heavy (non-hydrogen) atoms. The van der Waals surface area contributed by atoms with Gasteiger partial charge in [0.2, 0.25) is 0 Å². The molecular weight excluding hydrogens is 565 g/mol. The summed E-state index contributed by atoms with van der Waals surface area (Å²) in [6.07, 6.45) is 5.88. The van der Waals surface area contributed by atoms with Crippen LogP contribution in [0.2, 0.25) is 5.02 Å². The molecule has 0 radical (unpaired) electrons. The molecule has 2 unspecified atom stereocenters. The number of hydrogen-bond donors (Lipinski definition) is 2. The number of benzene rings is 1. The van der Waals surface area contributed by atoms with E-state index in [0.29, 0.717) is 16.2 Å². The second-order valence-electron chi connectivity index (χ2n) is 8.36. The molecule has 3 aliphatic rings. The third-order valence-electron chi connectivity index (χ3n) is 6.36. The number of nitrogens with two attached hydrogens (primary N) is 1. The Morgan fingerprint density at radius 3 is 2.76 bits per heavy atom. The van der Waals surface area contributed by atoms with Crippen molar-refractivity contribution in [3.05, 3.63) is 51.0 Å². The first-order valence-electron chi connectivity index (χ1n) is 10.6. The zero-order valence-corrected chi connectivity index (χ0v) is 20.7. The summed E-state index contributed by atoms with van der Waals surface area (Å²) >= 11 is 8.44. The first-order valence-corrected chi connectivity index (χ1v) is 11.9. The lowest BCUT2D eigenvalue weighted by Crippen LogP contribution is -2.60. The van der Waals surface area contributed by atoms with Crippen LogP contribution in [0.3, 0.4) is 0 Å². The van der Waals surface area contributed by atoms with Crippen molar-refractivity contribution in [1.82, 2.24) is 13.3 Å². The van der Waals surface area contributed by atoms with E-state index in [1.807, 2.05) is 3.11 Å². The highest BCUT2D eigenvalue weighted by Crippen LogP contribution is 2.53. The molecule has 0 aromatic heterocycles. The number of nitrogens with zero attached hydrogens (tertiary/aromatic N) is 5. The van der Waals surface area contributed by atoms with E-state index in [1.54, 1.807) is 24.4 Å². The maximum absolute atomic E-state index is 12.3. The maximum Gasteiger partial charge on any atom is 0.358 e. The summed E-state index contributed by atoms with van der Waals surface area (Å²) < 4.78 is 13.4. The molecule has 3 N–H and O–H groups in total. The van der Waals surface area contributed by atoms with Gasteiger partial charge in [0.25, 0.3) is 0 Å². The van der Waals surface area contributed by atoms with Gasteiger partial charge in [-0.2, -0.15) is 9.01 Å². The predicted octanol–water partition coefficient (Wildman–Crippen LogP) is 3.54. The molecule has 4 rings (SSSR count). The second-order valence-corrected chi connectivity index (χ2v) is 9.88. The zero-order chi connectivity index (χ0) is 23.4. The van der Waals surface area contributed by atoms with Gasteiger partial charge in [-0.1, -0.05) is 22.8 Å². The van der Waals surface area contributed by atoms with Gasteiger partial charge in [-0.05, 0) is 54.3 Å². The van der Waals surface area contributed by atoms with Crippen LogP contribution in [0.15, 0.2) is 35.1 Å². The lowest BCUT2D eigenvalue weighted by Gasteiger charge is -2.45. The smallest absolute Gasteiger partial charge is 0.358 e. The number of halogens is 2. The number of ether oxygens (including phenoxy) is 2. The summed E-state index contributed by atoms with van der Waals surface area (Å²) in [5.41, 5.74) is 9.98. The molecular formula is C20H25ClIN7O4. The summed E-state index contributed by atoms with van der Waals surface area (Å²) in [4.78, 5) is 21.8. The molecule has 2 fully saturated rings. The monoisotopic (exact) mass is 589 g/mol. The highest BCUT2D eigenvalue weighted by molar-refractivity contribution is 14.1. The molecule has 2 atom stereocenters. The molecule has 2 heterocycles. The van der Waals surface area contributed by atoms with Crippen LogP contribution in [0.4, 0.5) is 0 Å². The number of carbonyl (C=O) groups excluding carboxylic acids is 1. The Kier molecular flexibility index (Phi) is 7.84. The van der Waals surface area contributed by atoms with Gasteiger partial charge in [-0.15, -0.1) is 0 Å². The molecule has 0 bridgehead atoms. The number of hydrogen-bond acceptors (Lipinski definition) is 9. The fraction of sp³-hybridized carbons (Fsp3) is 0.550. The summed E-state index contributed by atoms with van der Waals surface area (Å²) in [6, 6.07) is 5.17. The van der Waals surface area contributed by atoms with Crippen LogP contribution in [0.25, 0.3) is 10.4 Å². The summed E-state index contributed by atoms with van der Waals surface area (Å²) in [6.45, 7) is 2.01. The van der Waals surface area contributed by atoms with Gasteiger partial charge in [0.1, 0.15) is 12.0 Å². The van der Waals surface area contributed by atoms with Gasteiger partial charge in [0, 0.05) is 47.1 Å². The van der Waals surface area contributed by atoms with E-state index >= 15 is 0 Å². The second kappa shape index (κ2) is 10.6. The quantitative estimate of drug-likeness (QED) is 0.117. The van der Waals surface area contributed by atoms with Crippen LogP contribution < -0.4 is 16.0 Å². The Morgan fingerprint density at radius 1 is 1.36 bits per heavy atom. The van der Waals surface area contributed by atoms with Crippen molar-refractivity contribution in [2.45, 2.75) is 44.8 Å². The Labute approximate surface area is 210 Å². The number of piperidine rings is 1. The molecule has 1 aromatic carbocycles. The van der Waals surface area contributed by atoms with E-state index in [0.717, 1.165) is 18.7 Å². The van der Waals surface area contributed by atoms with Gasteiger partial charge in [0.05, 0.1) is 17.2 Å². The minimum atomic E-state index is -0.677. The van der Waals surface area contributed by atoms with Gasteiger partial charge in [0.15, 0.2) is 13.0 Å². The van der Waals surface area contributed by atoms with Crippen LogP contribution in [0.5, 0.6) is 5.75 Å². The Balaban J connectivity index is 1.43. The van der Waals surface area contributed by atoms with Crippen molar-refractivity contribution >= 4 is 40.4 Å². The summed E-state index contributed by atoms with van der Waals surface area (Å²) in [7, 11) is 0. The number of carbonyl (C=O) groups is 1. The van der Waals surface area contributed by atoms with Crippen LogP contribution in [0, 0.1) is 5.41 Å². The van der Waals surface area contributed by atoms with Crippen molar-refractivity contribution in [3.63, 3.8) is 0 Å². The third kappa shape index (κ3) is 5.65. The average Bonchev–Trinajstić information content (AvgIpc) is 3.58. The minimum absolute atomic E-state index is 0.124. The molecule has 13 heteroatoms. The molecule has 1 aliphatic carbocycles. The van der Waals surface area contributed by atoms with Gasteiger partial charge < -0.3 is 19.6 Å². The SMILES string of the molecule is [N-]=[N+]=NCOc1ccc(COC2C(C(=O)ON)=CNC(N3CCC4(CC3)CC4)N2I)cc1Cl. The standard InChI is InChI=1S/C20H25ClIN7O4/c21-15-9-13(1-2-16(15)32-12-26-27-23)11-31-17-14(18(30)33-24)10-25-19(29(17)22)28-7-5-20(3-4-20)6-8-28/h1-2,9-10,17,19,25H,3-8,11-12,24H2. The zero-order valence-electron chi connectivity index (χ0n) is 17.8. The van der Waals surface area contributed by atoms with Crippen molar-refractivity contribution in [2.24, 2.45) is 16.4 Å². The molecule has 0 amide bonds. The van der Waals surface area contributed by atoms with Gasteiger partial charge in [-0.25, -0.2) is 4.79 Å². The Hall–Kier alpha value is -1.80. The van der Waals surface area contributed by atoms with Gasteiger partial charge >= 0.3 is 5.97 Å². The molecule has 1 saturated heterocycles. The van der Waals surface area contributed by atoms with Crippen LogP contribution in [0.1, 0.15) is 31.2 Å². The molecule has 1 aromatic rings. The van der Waals surface area contributed by atoms with Crippen molar-refractivity contribution in [2.75, 3.05) is 19.8 Å². The van der Waals surface area contributed by atoms with Crippen molar-refractivity contribution in [1.29, 1.82) is 0 Å². The van der Waals surface area contributed by atoms with E-state index in [1.165, 1.54) is 25.7 Å². The van der Waals surface area contributed by atoms with E-state index in [2.05, 4.69) is 47.9 Å².